The van der Waals surface area contributed by atoms with E-state index in [0.29, 0.717) is 12.8 Å². The van der Waals surface area contributed by atoms with E-state index >= 15 is 0 Å². The molecular weight excluding hydrogens is 330 g/mol. The van der Waals surface area contributed by atoms with Crippen molar-refractivity contribution in [2.45, 2.75) is 58.2 Å². The molecule has 25 heavy (non-hydrogen) atoms. The first-order chi connectivity index (χ1) is 11.9. The van der Waals surface area contributed by atoms with Crippen molar-refractivity contribution in [3.8, 4) is 0 Å². The molecule has 0 spiro atoms. The van der Waals surface area contributed by atoms with Gasteiger partial charge >= 0.3 is 0 Å². The highest BCUT2D eigenvalue weighted by Crippen LogP contribution is 2.19. The molecule has 1 aromatic heterocycles. The second kappa shape index (κ2) is 8.99. The lowest BCUT2D eigenvalue weighted by molar-refractivity contribution is -0.121. The van der Waals surface area contributed by atoms with Crippen molar-refractivity contribution in [1.82, 2.24) is 15.3 Å². The van der Waals surface area contributed by atoms with E-state index in [4.69, 9.17) is 0 Å². The highest BCUT2D eigenvalue weighted by Gasteiger charge is 2.14. The van der Waals surface area contributed by atoms with E-state index in [1.807, 2.05) is 20.1 Å². The summed E-state index contributed by atoms with van der Waals surface area (Å²) < 4.78 is 0. The summed E-state index contributed by atoms with van der Waals surface area (Å²) in [5.41, 5.74) is 5.40. The van der Waals surface area contributed by atoms with Crippen LogP contribution in [0.4, 0.5) is 0 Å². The summed E-state index contributed by atoms with van der Waals surface area (Å²) in [7, 11) is 0. The molecule has 0 aliphatic carbocycles. The standard InChI is InChI=1S/C20H27N3OS/c1-6-18(16-9-7-13(2)8-10-16)23-19(24)12-11-17-14(3)21-20(25-5)22-15(17)4/h7-10,18H,6,11-12H2,1-5H3,(H,23,24)/t18-/m0/s1. The Kier molecular flexibility index (Phi) is 7.00. The molecule has 4 nitrogen and oxygen atoms in total. The Morgan fingerprint density at radius 1 is 1.12 bits per heavy atom. The van der Waals surface area contributed by atoms with E-state index < -0.39 is 0 Å². The van der Waals surface area contributed by atoms with Gasteiger partial charge in [-0.15, -0.1) is 0 Å². The SMILES string of the molecule is CC[C@H](NC(=O)CCc1c(C)nc(SC)nc1C)c1ccc(C)cc1. The van der Waals surface area contributed by atoms with Gasteiger partial charge in [-0.25, -0.2) is 9.97 Å². The van der Waals surface area contributed by atoms with Crippen molar-refractivity contribution in [2.75, 3.05) is 6.26 Å². The third-order valence-electron chi connectivity index (χ3n) is 4.41. The average molecular weight is 358 g/mol. The van der Waals surface area contributed by atoms with Crippen molar-refractivity contribution in [3.63, 3.8) is 0 Å². The van der Waals surface area contributed by atoms with Gasteiger partial charge in [-0.3, -0.25) is 4.79 Å². The van der Waals surface area contributed by atoms with Gasteiger partial charge in [-0.1, -0.05) is 48.5 Å². The number of aryl methyl sites for hydroxylation is 3. The van der Waals surface area contributed by atoms with Crippen LogP contribution in [0.1, 0.15) is 53.9 Å². The lowest BCUT2D eigenvalue weighted by Crippen LogP contribution is -2.28. The predicted octanol–water partition coefficient (Wildman–Crippen LogP) is 4.32. The Labute approximate surface area is 154 Å². The molecular formula is C20H27N3OS. The number of rotatable bonds is 7. The molecule has 0 aliphatic rings. The van der Waals surface area contributed by atoms with Crippen molar-refractivity contribution < 1.29 is 4.79 Å². The van der Waals surface area contributed by atoms with E-state index in [1.165, 1.54) is 17.3 Å². The number of hydrogen-bond acceptors (Lipinski definition) is 4. The van der Waals surface area contributed by atoms with E-state index in [0.717, 1.165) is 34.1 Å². The molecule has 134 valence electrons. The van der Waals surface area contributed by atoms with Crippen LogP contribution in [0.15, 0.2) is 29.4 Å². The molecule has 1 heterocycles. The quantitative estimate of drug-likeness (QED) is 0.592. The van der Waals surface area contributed by atoms with Crippen LogP contribution in [0.3, 0.4) is 0 Å². The molecule has 0 aliphatic heterocycles. The highest BCUT2D eigenvalue weighted by molar-refractivity contribution is 7.98. The van der Waals surface area contributed by atoms with Crippen LogP contribution in [0, 0.1) is 20.8 Å². The smallest absolute Gasteiger partial charge is 0.220 e. The largest absolute Gasteiger partial charge is 0.349 e. The minimum Gasteiger partial charge on any atom is -0.349 e. The fourth-order valence-corrected chi connectivity index (χ4v) is 3.34. The Morgan fingerprint density at radius 3 is 2.24 bits per heavy atom. The summed E-state index contributed by atoms with van der Waals surface area (Å²) >= 11 is 1.54. The predicted molar refractivity (Wildman–Crippen MR) is 104 cm³/mol. The molecule has 1 atom stereocenters. The molecule has 5 heteroatoms. The van der Waals surface area contributed by atoms with Crippen molar-refractivity contribution in [1.29, 1.82) is 0 Å². The maximum absolute atomic E-state index is 12.4. The molecule has 0 unspecified atom stereocenters. The number of amides is 1. The molecule has 0 saturated heterocycles. The lowest BCUT2D eigenvalue weighted by atomic mass is 10.0. The Morgan fingerprint density at radius 2 is 1.72 bits per heavy atom. The number of nitrogens with one attached hydrogen (secondary N) is 1. The van der Waals surface area contributed by atoms with Gasteiger partial charge in [0.1, 0.15) is 0 Å². The van der Waals surface area contributed by atoms with Gasteiger partial charge in [-0.05, 0) is 51.0 Å². The molecule has 0 bridgehead atoms. The number of carbonyl (C=O) groups excluding carboxylic acids is 1. The Balaban J connectivity index is 1.99. The summed E-state index contributed by atoms with van der Waals surface area (Å²) in [6, 6.07) is 8.41. The van der Waals surface area contributed by atoms with Gasteiger partial charge in [-0.2, -0.15) is 0 Å². The maximum atomic E-state index is 12.4. The fraction of sp³-hybridized carbons (Fsp3) is 0.450. The number of carbonyl (C=O) groups is 1. The first kappa shape index (κ1) is 19.4. The topological polar surface area (TPSA) is 54.9 Å². The van der Waals surface area contributed by atoms with E-state index in [2.05, 4.69) is 53.4 Å². The summed E-state index contributed by atoms with van der Waals surface area (Å²) in [6.45, 7) is 8.14. The van der Waals surface area contributed by atoms with E-state index in [-0.39, 0.29) is 11.9 Å². The number of nitrogens with zero attached hydrogens (tertiary/aromatic N) is 2. The average Bonchev–Trinajstić information content (AvgIpc) is 2.59. The minimum atomic E-state index is 0.0606. The van der Waals surface area contributed by atoms with Crippen LogP contribution in [0.2, 0.25) is 0 Å². The van der Waals surface area contributed by atoms with E-state index in [1.54, 1.807) is 0 Å². The molecule has 0 saturated carbocycles. The molecule has 1 aromatic carbocycles. The molecule has 2 rings (SSSR count). The van der Waals surface area contributed by atoms with Crippen LogP contribution in [0.25, 0.3) is 0 Å². The molecule has 1 amide bonds. The number of thioether (sulfide) groups is 1. The maximum Gasteiger partial charge on any atom is 0.220 e. The minimum absolute atomic E-state index is 0.0606. The number of aromatic nitrogens is 2. The van der Waals surface area contributed by atoms with Gasteiger partial charge in [0.2, 0.25) is 5.91 Å². The molecule has 0 fully saturated rings. The van der Waals surface area contributed by atoms with Gasteiger partial charge < -0.3 is 5.32 Å². The van der Waals surface area contributed by atoms with Crippen LogP contribution >= 0.6 is 11.8 Å². The van der Waals surface area contributed by atoms with Crippen LogP contribution in [-0.4, -0.2) is 22.1 Å². The third kappa shape index (κ3) is 5.30. The fourth-order valence-electron chi connectivity index (χ4n) is 2.89. The number of hydrogen-bond donors (Lipinski definition) is 1. The highest BCUT2D eigenvalue weighted by atomic mass is 32.2. The zero-order chi connectivity index (χ0) is 18.4. The van der Waals surface area contributed by atoms with Gasteiger partial charge in [0.05, 0.1) is 6.04 Å². The second-order valence-electron chi connectivity index (χ2n) is 6.30. The monoisotopic (exact) mass is 357 g/mol. The second-order valence-corrected chi connectivity index (χ2v) is 7.07. The zero-order valence-electron chi connectivity index (χ0n) is 15.7. The zero-order valence-corrected chi connectivity index (χ0v) is 16.5. The van der Waals surface area contributed by atoms with Gasteiger partial charge in [0.25, 0.3) is 0 Å². The first-order valence-electron chi connectivity index (χ1n) is 8.68. The first-order valence-corrected chi connectivity index (χ1v) is 9.91. The number of benzene rings is 1. The van der Waals surface area contributed by atoms with Crippen molar-refractivity contribution in [3.05, 3.63) is 52.3 Å². The molecule has 0 radical (unpaired) electrons. The van der Waals surface area contributed by atoms with Crippen molar-refractivity contribution in [2.24, 2.45) is 0 Å². The molecule has 1 N–H and O–H groups in total. The lowest BCUT2D eigenvalue weighted by Gasteiger charge is -2.18. The van der Waals surface area contributed by atoms with Crippen LogP contribution in [0.5, 0.6) is 0 Å². The van der Waals surface area contributed by atoms with Gasteiger partial charge in [0.15, 0.2) is 5.16 Å². The summed E-state index contributed by atoms with van der Waals surface area (Å²) in [5, 5.41) is 3.94. The van der Waals surface area contributed by atoms with E-state index in [9.17, 15) is 4.79 Å². The summed E-state index contributed by atoms with van der Waals surface area (Å²) in [6.07, 6.45) is 3.96. The Hall–Kier alpha value is -1.88. The summed E-state index contributed by atoms with van der Waals surface area (Å²) in [4.78, 5) is 21.4. The van der Waals surface area contributed by atoms with Crippen LogP contribution < -0.4 is 5.32 Å². The Bertz CT molecular complexity index is 705. The van der Waals surface area contributed by atoms with Crippen LogP contribution in [-0.2, 0) is 11.2 Å². The summed E-state index contributed by atoms with van der Waals surface area (Å²) in [5.74, 6) is 0.0696. The normalized spacial score (nSPS) is 12.0. The third-order valence-corrected chi connectivity index (χ3v) is 4.96. The van der Waals surface area contributed by atoms with Gasteiger partial charge in [0, 0.05) is 17.8 Å². The molecule has 2 aromatic rings. The van der Waals surface area contributed by atoms with Crippen molar-refractivity contribution >= 4 is 17.7 Å².